The Morgan fingerprint density at radius 1 is 1.20 bits per heavy atom. The zero-order valence-corrected chi connectivity index (χ0v) is 17.7. The number of nitrogens with one attached hydrogen (secondary N) is 1. The highest BCUT2D eigenvalue weighted by atomic mass is 31.3. The molecule has 2 rings (SSSR count). The van der Waals surface area contributed by atoms with Crippen molar-refractivity contribution >= 4 is 29.5 Å². The third-order valence-corrected chi connectivity index (χ3v) is 7.56. The Kier molecular flexibility index (Phi) is 7.19. The van der Waals surface area contributed by atoms with Gasteiger partial charge in [0.1, 0.15) is 17.8 Å². The fourth-order valence-electron chi connectivity index (χ4n) is 2.47. The van der Waals surface area contributed by atoms with E-state index in [9.17, 15) is 33.6 Å². The van der Waals surface area contributed by atoms with Crippen molar-refractivity contribution in [2.45, 2.75) is 31.0 Å². The van der Waals surface area contributed by atoms with Gasteiger partial charge in [0.2, 0.25) is 0 Å². The Morgan fingerprint density at radius 2 is 1.80 bits per heavy atom. The van der Waals surface area contributed by atoms with Gasteiger partial charge < -0.3 is 39.8 Å². The molecule has 16 nitrogen and oxygen atoms in total. The standard InChI is InChI=1S/C11H19N2O14P3/c1-6-3-4-13(10(16)12-6)9-7(14)8(15)11(2,25-9)5-24-29(20,21)27-30(22,23)26-28(17,18)19/h3-4,7-9,14-15H,1,5H2,2H3,(H,12,16)(H,20,21)(H,22,23)(H2,17,18,19)/t7?,8-,9-,11-/m1/s1. The van der Waals surface area contributed by atoms with E-state index >= 15 is 0 Å². The Morgan fingerprint density at radius 3 is 2.33 bits per heavy atom. The molecule has 2 amide bonds. The van der Waals surface area contributed by atoms with Gasteiger partial charge in [0.25, 0.3) is 0 Å². The van der Waals surface area contributed by atoms with Crippen LogP contribution in [0.1, 0.15) is 6.92 Å². The van der Waals surface area contributed by atoms with E-state index < -0.39 is 60.1 Å². The normalized spacial score (nSPS) is 33.8. The number of ether oxygens (including phenoxy) is 1. The minimum atomic E-state index is -5.73. The number of aliphatic hydroxyl groups is 2. The van der Waals surface area contributed by atoms with Crippen LogP contribution in [0.25, 0.3) is 0 Å². The molecule has 172 valence electrons. The molecule has 2 heterocycles. The zero-order chi connectivity index (χ0) is 23.1. The molecule has 0 bridgehead atoms. The van der Waals surface area contributed by atoms with Crippen molar-refractivity contribution in [1.29, 1.82) is 0 Å². The summed E-state index contributed by atoms with van der Waals surface area (Å²) in [4.78, 5) is 48.5. The highest BCUT2D eigenvalue weighted by molar-refractivity contribution is 7.66. The summed E-state index contributed by atoms with van der Waals surface area (Å²) in [5.41, 5.74) is -1.68. The average molecular weight is 496 g/mol. The lowest BCUT2D eigenvalue weighted by atomic mass is 9.98. The lowest BCUT2D eigenvalue weighted by molar-refractivity contribution is -0.119. The largest absolute Gasteiger partial charge is 0.490 e. The summed E-state index contributed by atoms with van der Waals surface area (Å²) in [5.74, 6) is 0. The van der Waals surface area contributed by atoms with Gasteiger partial charge in [-0.3, -0.25) is 9.42 Å². The smallest absolute Gasteiger partial charge is 0.387 e. The summed E-state index contributed by atoms with van der Waals surface area (Å²) < 4.78 is 50.7. The molecule has 1 saturated heterocycles. The second-order valence-corrected chi connectivity index (χ2v) is 10.7. The van der Waals surface area contributed by atoms with E-state index in [1.54, 1.807) is 0 Å². The molecule has 7 N–H and O–H groups in total. The molecule has 0 aromatic rings. The van der Waals surface area contributed by atoms with Gasteiger partial charge in [-0.1, -0.05) is 6.58 Å². The second-order valence-electron chi connectivity index (χ2n) is 6.30. The molecular weight excluding hydrogens is 477 g/mol. The number of phosphoric acid groups is 3. The summed E-state index contributed by atoms with van der Waals surface area (Å²) in [7, 11) is -16.8. The quantitative estimate of drug-likeness (QED) is 0.204. The first kappa shape index (κ1) is 25.3. The van der Waals surface area contributed by atoms with E-state index in [2.05, 4.69) is 25.0 Å². The predicted molar refractivity (Wildman–Crippen MR) is 93.8 cm³/mol. The molecule has 0 aromatic carbocycles. The van der Waals surface area contributed by atoms with E-state index in [1.165, 1.54) is 12.3 Å². The van der Waals surface area contributed by atoms with Crippen LogP contribution in [0.2, 0.25) is 0 Å². The Hall–Kier alpha value is -0.960. The highest BCUT2D eigenvalue weighted by Crippen LogP contribution is 2.66. The number of nitrogens with zero attached hydrogens (tertiary/aromatic N) is 1. The summed E-state index contributed by atoms with van der Waals surface area (Å²) in [6, 6.07) is -0.754. The minimum absolute atomic E-state index is 0.250. The van der Waals surface area contributed by atoms with Crippen LogP contribution in [-0.2, 0) is 31.6 Å². The second kappa shape index (κ2) is 8.52. The van der Waals surface area contributed by atoms with Crippen molar-refractivity contribution in [3.63, 3.8) is 0 Å². The maximum absolute atomic E-state index is 12.0. The topological polar surface area (TPSA) is 242 Å². The summed E-state index contributed by atoms with van der Waals surface area (Å²) >= 11 is 0. The molecule has 2 aliphatic heterocycles. The van der Waals surface area contributed by atoms with Crippen molar-refractivity contribution in [1.82, 2.24) is 10.2 Å². The zero-order valence-electron chi connectivity index (χ0n) is 15.0. The van der Waals surface area contributed by atoms with Crippen LogP contribution in [0, 0.1) is 0 Å². The molecular formula is C11H19N2O14P3. The molecule has 0 aromatic heterocycles. The maximum Gasteiger partial charge on any atom is 0.490 e. The first-order valence-corrected chi connectivity index (χ1v) is 12.3. The van der Waals surface area contributed by atoms with Gasteiger partial charge in [-0.25, -0.2) is 18.5 Å². The van der Waals surface area contributed by atoms with E-state index in [1.807, 2.05) is 0 Å². The number of carbonyl (C=O) groups excluding carboxylic acids is 1. The Balaban J connectivity index is 2.08. The number of carbonyl (C=O) groups is 1. The molecule has 0 aliphatic carbocycles. The number of aliphatic hydroxyl groups excluding tert-OH is 2. The van der Waals surface area contributed by atoms with Crippen LogP contribution in [0.4, 0.5) is 4.79 Å². The molecule has 0 radical (unpaired) electrons. The fourth-order valence-corrected chi connectivity index (χ4v) is 5.58. The van der Waals surface area contributed by atoms with Crippen molar-refractivity contribution in [3.8, 4) is 0 Å². The van der Waals surface area contributed by atoms with Gasteiger partial charge in [0.15, 0.2) is 6.23 Å². The van der Waals surface area contributed by atoms with Crippen LogP contribution in [0.15, 0.2) is 24.6 Å². The van der Waals surface area contributed by atoms with Gasteiger partial charge in [-0.15, -0.1) is 0 Å². The maximum atomic E-state index is 12.0. The molecule has 0 spiro atoms. The van der Waals surface area contributed by atoms with E-state index in [-0.39, 0.29) is 5.70 Å². The summed E-state index contributed by atoms with van der Waals surface area (Å²) in [5, 5.41) is 22.8. The molecule has 6 atom stereocenters. The van der Waals surface area contributed by atoms with E-state index in [4.69, 9.17) is 19.4 Å². The van der Waals surface area contributed by atoms with Crippen molar-refractivity contribution in [2.75, 3.05) is 6.61 Å². The lowest BCUT2D eigenvalue weighted by Gasteiger charge is -2.31. The summed E-state index contributed by atoms with van der Waals surface area (Å²) in [6.07, 6.45) is -2.37. The Labute approximate surface area is 168 Å². The molecule has 1 fully saturated rings. The number of hydrogen-bond donors (Lipinski definition) is 7. The minimum Gasteiger partial charge on any atom is -0.387 e. The monoisotopic (exact) mass is 496 g/mol. The lowest BCUT2D eigenvalue weighted by Crippen LogP contribution is -2.49. The van der Waals surface area contributed by atoms with E-state index in [0.29, 0.717) is 0 Å². The third kappa shape index (κ3) is 6.28. The summed E-state index contributed by atoms with van der Waals surface area (Å²) in [6.45, 7) is 3.59. The average Bonchev–Trinajstić information content (AvgIpc) is 2.75. The highest BCUT2D eigenvalue weighted by Gasteiger charge is 2.55. The fraction of sp³-hybridized carbons (Fsp3) is 0.545. The molecule has 19 heteroatoms. The van der Waals surface area contributed by atoms with E-state index in [0.717, 1.165) is 11.8 Å². The number of urea groups is 1. The van der Waals surface area contributed by atoms with Crippen molar-refractivity contribution in [3.05, 3.63) is 24.6 Å². The predicted octanol–water partition coefficient (Wildman–Crippen LogP) is -0.781. The SMILES string of the molecule is C=C1C=CN([C@@H]2O[C@](C)(COP(=O)(O)OP(=O)(O)OP(=O)(O)O)[C@H](O)C2O)C(=O)N1. The number of hydrogen-bond acceptors (Lipinski definition) is 10. The third-order valence-electron chi connectivity index (χ3n) is 3.77. The molecule has 3 unspecified atom stereocenters. The van der Waals surface area contributed by atoms with Crippen LogP contribution in [-0.4, -0.2) is 71.4 Å². The van der Waals surface area contributed by atoms with Crippen molar-refractivity contribution < 1.29 is 66.2 Å². The van der Waals surface area contributed by atoms with Gasteiger partial charge in [-0.2, -0.15) is 8.62 Å². The van der Waals surface area contributed by atoms with Gasteiger partial charge in [0, 0.05) is 11.9 Å². The molecule has 2 aliphatic rings. The van der Waals surface area contributed by atoms with Crippen LogP contribution in [0.3, 0.4) is 0 Å². The van der Waals surface area contributed by atoms with Crippen LogP contribution in [0.5, 0.6) is 0 Å². The van der Waals surface area contributed by atoms with Crippen LogP contribution >= 0.6 is 23.5 Å². The number of rotatable bonds is 8. The molecule has 30 heavy (non-hydrogen) atoms. The van der Waals surface area contributed by atoms with Gasteiger partial charge in [-0.05, 0) is 13.0 Å². The van der Waals surface area contributed by atoms with Gasteiger partial charge >= 0.3 is 29.5 Å². The Bertz CT molecular complexity index is 886. The number of amides is 2. The first-order valence-electron chi connectivity index (χ1n) is 7.73. The van der Waals surface area contributed by atoms with Crippen LogP contribution < -0.4 is 5.32 Å². The first-order chi connectivity index (χ1) is 13.4. The molecule has 0 saturated carbocycles. The number of phosphoric ester groups is 1. The van der Waals surface area contributed by atoms with Gasteiger partial charge in [0.05, 0.1) is 6.61 Å². The number of allylic oxidation sites excluding steroid dienone is 1. The van der Waals surface area contributed by atoms with Crippen molar-refractivity contribution in [2.24, 2.45) is 0 Å².